The summed E-state index contributed by atoms with van der Waals surface area (Å²) in [6.45, 7) is 10.6. The fraction of sp³-hybridized carbons (Fsp3) is 0.889. The Labute approximate surface area is 75.4 Å². The van der Waals surface area contributed by atoms with Gasteiger partial charge < -0.3 is 5.43 Å². The van der Waals surface area contributed by atoms with E-state index in [9.17, 15) is 0 Å². The van der Waals surface area contributed by atoms with E-state index in [1.165, 1.54) is 0 Å². The molecule has 3 nitrogen and oxygen atoms in total. The third-order valence-corrected chi connectivity index (χ3v) is 1.98. The molecule has 0 aromatic carbocycles. The van der Waals surface area contributed by atoms with Gasteiger partial charge in [-0.15, -0.1) is 0 Å². The number of rotatable bonds is 3. The van der Waals surface area contributed by atoms with Gasteiger partial charge in [-0.25, -0.2) is 5.84 Å². The van der Waals surface area contributed by atoms with Gasteiger partial charge in [-0.05, 0) is 19.8 Å². The Hall–Kier alpha value is -0.570. The van der Waals surface area contributed by atoms with Gasteiger partial charge in [0.1, 0.15) is 5.84 Å². The summed E-state index contributed by atoms with van der Waals surface area (Å²) >= 11 is 0. The third-order valence-electron chi connectivity index (χ3n) is 1.98. The molecule has 0 aromatic heterocycles. The van der Waals surface area contributed by atoms with Crippen molar-refractivity contribution < 1.29 is 0 Å². The zero-order valence-corrected chi connectivity index (χ0v) is 8.76. The van der Waals surface area contributed by atoms with Gasteiger partial charge in [0.2, 0.25) is 0 Å². The molecule has 3 N–H and O–H groups in total. The van der Waals surface area contributed by atoms with E-state index in [4.69, 9.17) is 5.84 Å². The van der Waals surface area contributed by atoms with Gasteiger partial charge in [-0.1, -0.05) is 20.8 Å². The first-order valence-corrected chi connectivity index (χ1v) is 4.53. The Bertz CT molecular complexity index is 150. The number of hydrogen-bond donors (Lipinski definition) is 2. The van der Waals surface area contributed by atoms with Crippen molar-refractivity contribution in [1.29, 1.82) is 0 Å². The first-order chi connectivity index (χ1) is 5.49. The van der Waals surface area contributed by atoms with Crippen LogP contribution in [0.25, 0.3) is 0 Å². The van der Waals surface area contributed by atoms with Crippen LogP contribution in [0.4, 0.5) is 0 Å². The fourth-order valence-corrected chi connectivity index (χ4v) is 0.880. The summed E-state index contributed by atoms with van der Waals surface area (Å²) in [4.78, 5) is 4.40. The summed E-state index contributed by atoms with van der Waals surface area (Å²) < 4.78 is 0. The zero-order valence-electron chi connectivity index (χ0n) is 8.76. The summed E-state index contributed by atoms with van der Waals surface area (Å²) in [6.07, 6.45) is 0. The predicted molar refractivity (Wildman–Crippen MR) is 53.9 cm³/mol. The highest BCUT2D eigenvalue weighted by molar-refractivity contribution is 5.84. The number of nitrogens with two attached hydrogens (primary N) is 1. The smallest absolute Gasteiger partial charge is 0.114 e. The topological polar surface area (TPSA) is 50.4 Å². The number of hydrogen-bond acceptors (Lipinski definition) is 2. The molecule has 0 saturated heterocycles. The lowest BCUT2D eigenvalue weighted by molar-refractivity contribution is 0.515. The van der Waals surface area contributed by atoms with Crippen LogP contribution in [-0.4, -0.2) is 11.9 Å². The number of hydrazine groups is 1. The first kappa shape index (κ1) is 11.4. The molecule has 0 bridgehead atoms. The summed E-state index contributed by atoms with van der Waals surface area (Å²) in [6, 6.07) is 0.303. The Morgan fingerprint density at radius 3 is 1.92 bits per heavy atom. The maximum atomic E-state index is 5.38. The molecule has 0 aliphatic rings. The zero-order chi connectivity index (χ0) is 9.72. The highest BCUT2D eigenvalue weighted by Gasteiger charge is 2.13. The number of nitrogens with one attached hydrogen (secondary N) is 1. The van der Waals surface area contributed by atoms with E-state index >= 15 is 0 Å². The second-order valence-corrected chi connectivity index (χ2v) is 3.79. The van der Waals surface area contributed by atoms with Crippen LogP contribution in [0.1, 0.15) is 34.6 Å². The predicted octanol–water partition coefficient (Wildman–Crippen LogP) is 1.55. The van der Waals surface area contributed by atoms with Crippen molar-refractivity contribution in [3.8, 4) is 0 Å². The van der Waals surface area contributed by atoms with Crippen molar-refractivity contribution in [2.24, 2.45) is 22.7 Å². The van der Waals surface area contributed by atoms with Gasteiger partial charge in [0.25, 0.3) is 0 Å². The number of amidine groups is 1. The molecule has 0 aliphatic heterocycles. The van der Waals surface area contributed by atoms with Gasteiger partial charge in [-0.2, -0.15) is 0 Å². The third kappa shape index (κ3) is 3.72. The van der Waals surface area contributed by atoms with Gasteiger partial charge in [0, 0.05) is 12.0 Å². The van der Waals surface area contributed by atoms with Crippen LogP contribution in [-0.2, 0) is 0 Å². The number of aliphatic imine (C=N–C) groups is 1. The van der Waals surface area contributed by atoms with Crippen LogP contribution >= 0.6 is 0 Å². The van der Waals surface area contributed by atoms with Crippen molar-refractivity contribution in [2.45, 2.75) is 40.7 Å². The minimum absolute atomic E-state index is 0.303. The molecule has 1 atom stereocenters. The highest BCUT2D eigenvalue weighted by atomic mass is 15.3. The van der Waals surface area contributed by atoms with Gasteiger partial charge in [0.05, 0.1) is 0 Å². The number of nitrogens with zero attached hydrogens (tertiary/aromatic N) is 1. The Balaban J connectivity index is 4.33. The highest BCUT2D eigenvalue weighted by Crippen LogP contribution is 2.10. The van der Waals surface area contributed by atoms with E-state index in [1.54, 1.807) is 0 Å². The molecule has 0 heterocycles. The summed E-state index contributed by atoms with van der Waals surface area (Å²) in [5, 5.41) is 0. The molecule has 0 aliphatic carbocycles. The average molecular weight is 171 g/mol. The lowest BCUT2D eigenvalue weighted by Gasteiger charge is -2.18. The van der Waals surface area contributed by atoms with Crippen LogP contribution in [0.5, 0.6) is 0 Å². The summed E-state index contributed by atoms with van der Waals surface area (Å²) in [7, 11) is 0. The minimum Gasteiger partial charge on any atom is -0.312 e. The molecule has 0 amide bonds. The summed E-state index contributed by atoms with van der Waals surface area (Å²) in [5.41, 5.74) is 2.66. The van der Waals surface area contributed by atoms with Crippen LogP contribution in [0.2, 0.25) is 0 Å². The molecule has 3 heteroatoms. The fourth-order valence-electron chi connectivity index (χ4n) is 0.880. The quantitative estimate of drug-likeness (QED) is 0.293. The second-order valence-electron chi connectivity index (χ2n) is 3.79. The SMILES string of the molecule is CC(C)N=C(NN)C(C)C(C)C. The Morgan fingerprint density at radius 1 is 1.17 bits per heavy atom. The monoisotopic (exact) mass is 171 g/mol. The Kier molecular flexibility index (Phi) is 4.90. The molecule has 12 heavy (non-hydrogen) atoms. The molecular weight excluding hydrogens is 150 g/mol. The van der Waals surface area contributed by atoms with Crippen molar-refractivity contribution in [2.75, 3.05) is 0 Å². The van der Waals surface area contributed by atoms with E-state index < -0.39 is 0 Å². The molecule has 0 fully saturated rings. The van der Waals surface area contributed by atoms with Crippen molar-refractivity contribution >= 4 is 5.84 Å². The average Bonchev–Trinajstić information content (AvgIpc) is 1.98. The van der Waals surface area contributed by atoms with Crippen LogP contribution in [0.3, 0.4) is 0 Å². The molecular formula is C9H21N3. The maximum Gasteiger partial charge on any atom is 0.114 e. The molecule has 0 rings (SSSR count). The lowest BCUT2D eigenvalue weighted by atomic mass is 9.97. The van der Waals surface area contributed by atoms with Crippen molar-refractivity contribution in [3.63, 3.8) is 0 Å². The largest absolute Gasteiger partial charge is 0.312 e. The molecule has 1 unspecified atom stereocenters. The standard InChI is InChI=1S/C9H21N3/c1-6(2)8(5)9(12-10)11-7(3)4/h6-8H,10H2,1-5H3,(H,11,12). The van der Waals surface area contributed by atoms with Gasteiger partial charge >= 0.3 is 0 Å². The molecule has 0 aromatic rings. The van der Waals surface area contributed by atoms with E-state index in [0.717, 1.165) is 5.84 Å². The van der Waals surface area contributed by atoms with E-state index in [-0.39, 0.29) is 0 Å². The molecule has 72 valence electrons. The molecule has 0 saturated carbocycles. The van der Waals surface area contributed by atoms with Crippen LogP contribution in [0, 0.1) is 11.8 Å². The van der Waals surface area contributed by atoms with E-state index in [0.29, 0.717) is 17.9 Å². The van der Waals surface area contributed by atoms with Gasteiger partial charge in [-0.3, -0.25) is 4.99 Å². The molecule has 0 spiro atoms. The second kappa shape index (κ2) is 5.14. The van der Waals surface area contributed by atoms with Crippen LogP contribution in [0.15, 0.2) is 4.99 Å². The van der Waals surface area contributed by atoms with Gasteiger partial charge in [0.15, 0.2) is 0 Å². The van der Waals surface area contributed by atoms with E-state index in [2.05, 4.69) is 31.2 Å². The molecule has 0 radical (unpaired) electrons. The summed E-state index contributed by atoms with van der Waals surface area (Å²) in [5.74, 6) is 7.25. The first-order valence-electron chi connectivity index (χ1n) is 4.53. The maximum absolute atomic E-state index is 5.38. The lowest BCUT2D eigenvalue weighted by Crippen LogP contribution is -2.37. The minimum atomic E-state index is 0.303. The Morgan fingerprint density at radius 2 is 1.67 bits per heavy atom. The van der Waals surface area contributed by atoms with Crippen LogP contribution < -0.4 is 11.3 Å². The van der Waals surface area contributed by atoms with E-state index in [1.807, 2.05) is 13.8 Å². The normalized spacial score (nSPS) is 15.5. The van der Waals surface area contributed by atoms with Crippen molar-refractivity contribution in [1.82, 2.24) is 5.43 Å². The van der Waals surface area contributed by atoms with Crippen molar-refractivity contribution in [3.05, 3.63) is 0 Å².